The summed E-state index contributed by atoms with van der Waals surface area (Å²) >= 11 is 0. The van der Waals surface area contributed by atoms with Crippen LogP contribution in [0.15, 0.2) is 78.9 Å². The minimum atomic E-state index is -1.24. The molecule has 11 heteroatoms. The number of benzene rings is 3. The van der Waals surface area contributed by atoms with E-state index in [-0.39, 0.29) is 31.0 Å². The van der Waals surface area contributed by atoms with Crippen LogP contribution < -0.4 is 10.1 Å². The third kappa shape index (κ3) is 8.68. The van der Waals surface area contributed by atoms with Crippen LogP contribution in [0.3, 0.4) is 0 Å². The number of ketones is 1. The van der Waals surface area contributed by atoms with Crippen LogP contribution in [-0.4, -0.2) is 60.7 Å². The lowest BCUT2D eigenvalue weighted by Gasteiger charge is -2.17. The fraction of sp³-hybridized carbons (Fsp3) is 0.263. The molecule has 1 aromatic heterocycles. The van der Waals surface area contributed by atoms with Crippen LogP contribution in [0, 0.1) is 5.82 Å². The Morgan fingerprint density at radius 2 is 1.55 bits per heavy atom. The van der Waals surface area contributed by atoms with Crippen LogP contribution in [0.4, 0.5) is 4.39 Å². The molecule has 4 rings (SSSR count). The number of esters is 2. The van der Waals surface area contributed by atoms with Crippen LogP contribution in [0.2, 0.25) is 0 Å². The second kappa shape index (κ2) is 16.5. The molecule has 2 N–H and O–H groups in total. The smallest absolute Gasteiger partial charge is 0.341 e. The number of aliphatic hydroxyl groups is 1. The molecule has 0 aliphatic heterocycles. The molecule has 1 heterocycles. The number of ether oxygens (including phenoxy) is 3. The maximum absolute atomic E-state index is 14.3. The number of nitrogens with zero attached hydrogens (tertiary/aromatic N) is 1. The fourth-order valence-corrected chi connectivity index (χ4v) is 5.54. The molecule has 0 unspecified atom stereocenters. The molecule has 1 atom stereocenters. The van der Waals surface area contributed by atoms with Gasteiger partial charge in [-0.05, 0) is 67.0 Å². The summed E-state index contributed by atoms with van der Waals surface area (Å²) in [4.78, 5) is 51.0. The minimum Gasteiger partial charge on any atom is -0.496 e. The van der Waals surface area contributed by atoms with Crippen molar-refractivity contribution in [3.63, 3.8) is 0 Å². The Bertz CT molecular complexity index is 1850. The lowest BCUT2D eigenvalue weighted by Crippen LogP contribution is -2.27. The van der Waals surface area contributed by atoms with Gasteiger partial charge in [0.05, 0.1) is 39.5 Å². The van der Waals surface area contributed by atoms with E-state index in [0.29, 0.717) is 45.0 Å². The van der Waals surface area contributed by atoms with Gasteiger partial charge in [0.2, 0.25) is 0 Å². The minimum absolute atomic E-state index is 0.0851. The number of halogens is 1. The predicted octanol–water partition coefficient (Wildman–Crippen LogP) is 6.16. The molecular weight excluding hydrogens is 631 g/mol. The molecule has 4 aromatic rings. The maximum Gasteiger partial charge on any atom is 0.341 e. The van der Waals surface area contributed by atoms with Crippen molar-refractivity contribution in [3.8, 4) is 28.0 Å². The summed E-state index contributed by atoms with van der Waals surface area (Å²) in [5.41, 5.74) is 4.19. The Morgan fingerprint density at radius 1 is 0.878 bits per heavy atom. The van der Waals surface area contributed by atoms with Crippen LogP contribution in [0.1, 0.15) is 64.8 Å². The van der Waals surface area contributed by atoms with Gasteiger partial charge in [0.1, 0.15) is 22.8 Å². The molecule has 0 bridgehead atoms. The normalized spacial score (nSPS) is 11.8. The highest BCUT2D eigenvalue weighted by Gasteiger charge is 2.29. The molecule has 0 fully saturated rings. The number of aliphatic hydroxyl groups excluding tert-OH is 1. The Hall–Kier alpha value is -5.55. The zero-order valence-electron chi connectivity index (χ0n) is 28.0. The van der Waals surface area contributed by atoms with Crippen LogP contribution in [-0.2, 0) is 25.6 Å². The highest BCUT2D eigenvalue weighted by molar-refractivity contribution is 6.07. The van der Waals surface area contributed by atoms with E-state index >= 15 is 0 Å². The summed E-state index contributed by atoms with van der Waals surface area (Å²) in [6.45, 7) is 3.88. The second-order valence-electron chi connectivity index (χ2n) is 11.5. The molecule has 0 radical (unpaired) electrons. The van der Waals surface area contributed by atoms with Crippen molar-refractivity contribution < 1.29 is 42.9 Å². The third-order valence-corrected chi connectivity index (χ3v) is 7.79. The SMILES string of the molecule is COC(=O)C[C@H](O)CC(=O)C=Cc1c(-c2ccc(F)cc2)c(-c2ccccc2)c(C(=O)NCc2ccc(C(=O)OC)c(OC)c2)n1C(C)C. The number of methoxy groups -OCH3 is 3. The van der Waals surface area contributed by atoms with E-state index in [1.165, 1.54) is 39.5 Å². The molecule has 3 aromatic carbocycles. The van der Waals surface area contributed by atoms with E-state index in [4.69, 9.17) is 9.47 Å². The number of hydrogen-bond donors (Lipinski definition) is 2. The van der Waals surface area contributed by atoms with E-state index in [1.54, 1.807) is 36.4 Å². The van der Waals surface area contributed by atoms with Gasteiger partial charge in [-0.3, -0.25) is 14.4 Å². The van der Waals surface area contributed by atoms with Gasteiger partial charge < -0.3 is 29.2 Å². The first-order valence-electron chi connectivity index (χ1n) is 15.6. The van der Waals surface area contributed by atoms with Crippen molar-refractivity contribution in [1.82, 2.24) is 9.88 Å². The van der Waals surface area contributed by atoms with Crippen LogP contribution in [0.25, 0.3) is 28.3 Å². The summed E-state index contributed by atoms with van der Waals surface area (Å²) in [6.07, 6.45) is 0.981. The van der Waals surface area contributed by atoms with Crippen molar-refractivity contribution in [1.29, 1.82) is 0 Å². The van der Waals surface area contributed by atoms with Gasteiger partial charge in [0.15, 0.2) is 5.78 Å². The van der Waals surface area contributed by atoms with Gasteiger partial charge in [-0.1, -0.05) is 48.5 Å². The summed E-state index contributed by atoms with van der Waals surface area (Å²) < 4.78 is 30.7. The second-order valence-corrected chi connectivity index (χ2v) is 11.5. The molecule has 1 amide bonds. The molecular formula is C38H39FN2O8. The number of hydrogen-bond acceptors (Lipinski definition) is 8. The van der Waals surface area contributed by atoms with E-state index in [9.17, 15) is 28.7 Å². The van der Waals surface area contributed by atoms with E-state index < -0.39 is 35.6 Å². The molecule has 256 valence electrons. The van der Waals surface area contributed by atoms with Gasteiger partial charge in [0.25, 0.3) is 5.91 Å². The summed E-state index contributed by atoms with van der Waals surface area (Å²) in [5.74, 6) is -2.22. The molecule has 0 spiro atoms. The number of nitrogens with one attached hydrogen (secondary N) is 1. The highest BCUT2D eigenvalue weighted by Crippen LogP contribution is 2.42. The Labute approximate surface area is 284 Å². The zero-order chi connectivity index (χ0) is 35.7. The number of amides is 1. The Balaban J connectivity index is 1.86. The summed E-state index contributed by atoms with van der Waals surface area (Å²) in [7, 11) is 3.91. The average Bonchev–Trinajstić information content (AvgIpc) is 3.45. The summed E-state index contributed by atoms with van der Waals surface area (Å²) in [5, 5.41) is 13.2. The van der Waals surface area contributed by atoms with Crippen LogP contribution in [0.5, 0.6) is 5.75 Å². The van der Waals surface area contributed by atoms with E-state index in [2.05, 4.69) is 10.1 Å². The Kier molecular flexibility index (Phi) is 12.2. The lowest BCUT2D eigenvalue weighted by molar-refractivity contribution is -0.143. The van der Waals surface area contributed by atoms with E-state index in [1.807, 2.05) is 48.7 Å². The zero-order valence-corrected chi connectivity index (χ0v) is 28.0. The number of carbonyl (C=O) groups is 4. The molecule has 0 saturated carbocycles. The largest absolute Gasteiger partial charge is 0.496 e. The highest BCUT2D eigenvalue weighted by atomic mass is 19.1. The molecule has 10 nitrogen and oxygen atoms in total. The number of aromatic nitrogens is 1. The predicted molar refractivity (Wildman–Crippen MR) is 182 cm³/mol. The van der Waals surface area contributed by atoms with Gasteiger partial charge >= 0.3 is 11.9 Å². The molecule has 49 heavy (non-hydrogen) atoms. The third-order valence-electron chi connectivity index (χ3n) is 7.79. The maximum atomic E-state index is 14.3. The Morgan fingerprint density at radius 3 is 2.16 bits per heavy atom. The van der Waals surface area contributed by atoms with Gasteiger partial charge in [-0.15, -0.1) is 0 Å². The van der Waals surface area contributed by atoms with Gasteiger partial charge in [-0.2, -0.15) is 0 Å². The standard InChI is InChI=1S/C38H39FN2O8/c1-23(2)41-31(18-16-28(42)20-29(43)21-33(44)48-4)34(26-12-14-27(39)15-13-26)35(25-9-7-6-8-10-25)36(41)37(45)40-22-24-11-17-30(38(46)49-5)32(19-24)47-3/h6-19,23,29,43H,20-22H2,1-5H3,(H,40,45)/t29-/m1/s1. The molecule has 0 aliphatic rings. The fourth-order valence-electron chi connectivity index (χ4n) is 5.54. The van der Waals surface area contributed by atoms with Crippen molar-refractivity contribution in [2.24, 2.45) is 0 Å². The lowest BCUT2D eigenvalue weighted by atomic mass is 9.94. The van der Waals surface area contributed by atoms with Gasteiger partial charge in [-0.25, -0.2) is 9.18 Å². The number of carbonyl (C=O) groups excluding carboxylic acids is 4. The van der Waals surface area contributed by atoms with Crippen molar-refractivity contribution in [2.45, 2.75) is 45.4 Å². The average molecular weight is 671 g/mol. The van der Waals surface area contributed by atoms with E-state index in [0.717, 1.165) is 0 Å². The quantitative estimate of drug-likeness (QED) is 0.120. The van der Waals surface area contributed by atoms with Gasteiger partial charge in [0, 0.05) is 30.1 Å². The monoisotopic (exact) mass is 670 g/mol. The van der Waals surface area contributed by atoms with Crippen molar-refractivity contribution in [3.05, 3.63) is 107 Å². The molecule has 0 aliphatic carbocycles. The topological polar surface area (TPSA) is 133 Å². The number of allylic oxidation sites excluding steroid dienone is 1. The van der Waals surface area contributed by atoms with Crippen molar-refractivity contribution in [2.75, 3.05) is 21.3 Å². The first-order chi connectivity index (χ1) is 23.5. The number of rotatable bonds is 14. The van der Waals surface area contributed by atoms with Crippen molar-refractivity contribution >= 4 is 29.7 Å². The first kappa shape index (κ1) is 36.3. The summed E-state index contributed by atoms with van der Waals surface area (Å²) in [6, 6.07) is 19.7. The first-order valence-corrected chi connectivity index (χ1v) is 15.6. The van der Waals surface area contributed by atoms with Crippen LogP contribution >= 0.6 is 0 Å². The molecule has 0 saturated heterocycles.